The smallest absolute Gasteiger partial charge is 0.338 e. The number of nitrogens with zero attached hydrogens (tertiary/aromatic N) is 3. The van der Waals surface area contributed by atoms with E-state index in [1.165, 1.54) is 23.1 Å². The number of aryl methyl sites for hydroxylation is 2. The Morgan fingerprint density at radius 1 is 1.09 bits per heavy atom. The zero-order valence-electron chi connectivity index (χ0n) is 18.0. The fourth-order valence-electron chi connectivity index (χ4n) is 4.31. The number of hydrogen-bond donors (Lipinski definition) is 0. The van der Waals surface area contributed by atoms with Crippen molar-refractivity contribution in [1.82, 2.24) is 14.9 Å². The first kappa shape index (κ1) is 22.0. The minimum Gasteiger partial charge on any atom is -0.338 e. The predicted molar refractivity (Wildman–Crippen MR) is 116 cm³/mol. The van der Waals surface area contributed by atoms with Crippen molar-refractivity contribution in [2.75, 3.05) is 13.1 Å². The summed E-state index contributed by atoms with van der Waals surface area (Å²) >= 11 is 0. The van der Waals surface area contributed by atoms with Crippen molar-refractivity contribution in [3.8, 4) is 11.1 Å². The molecule has 2 aromatic carbocycles. The van der Waals surface area contributed by atoms with Gasteiger partial charge in [-0.15, -0.1) is 0 Å². The Morgan fingerprint density at radius 2 is 1.88 bits per heavy atom. The van der Waals surface area contributed by atoms with Crippen LogP contribution in [0.2, 0.25) is 0 Å². The molecule has 1 aliphatic rings. The summed E-state index contributed by atoms with van der Waals surface area (Å²) in [5.41, 5.74) is 2.63. The summed E-state index contributed by atoms with van der Waals surface area (Å²) in [6.07, 6.45) is -1.28. The summed E-state index contributed by atoms with van der Waals surface area (Å²) < 4.78 is 40.3. The van der Waals surface area contributed by atoms with Crippen LogP contribution in [0.3, 0.4) is 0 Å². The van der Waals surface area contributed by atoms with Crippen LogP contribution in [0.1, 0.15) is 51.8 Å². The lowest BCUT2D eigenvalue weighted by atomic mass is 9.89. The van der Waals surface area contributed by atoms with Crippen LogP contribution < -0.4 is 0 Å². The molecule has 0 radical (unpaired) electrons. The second-order valence-electron chi connectivity index (χ2n) is 8.22. The lowest BCUT2D eigenvalue weighted by Gasteiger charge is -2.34. The second-order valence-corrected chi connectivity index (χ2v) is 8.22. The lowest BCUT2D eigenvalue weighted by molar-refractivity contribution is -0.138. The Morgan fingerprint density at radius 3 is 2.62 bits per heavy atom. The summed E-state index contributed by atoms with van der Waals surface area (Å²) in [5.74, 6) is -0.0456. The minimum atomic E-state index is -4.58. The molecular weight excluding hydrogens is 415 g/mol. The topological polar surface area (TPSA) is 46.1 Å². The van der Waals surface area contributed by atoms with Crippen LogP contribution in [0.25, 0.3) is 11.1 Å². The molecule has 0 N–H and O–H groups in total. The third-order valence-electron chi connectivity index (χ3n) is 5.83. The molecule has 32 heavy (non-hydrogen) atoms. The van der Waals surface area contributed by atoms with E-state index in [1.807, 2.05) is 32.0 Å². The van der Waals surface area contributed by atoms with E-state index in [2.05, 4.69) is 11.1 Å². The molecule has 7 heteroatoms. The number of aromatic nitrogens is 2. The van der Waals surface area contributed by atoms with Gasteiger partial charge in [-0.2, -0.15) is 13.2 Å². The average Bonchev–Trinajstić information content (AvgIpc) is 2.78. The average molecular weight is 439 g/mol. The molecule has 1 saturated heterocycles. The third-order valence-corrected chi connectivity index (χ3v) is 5.83. The lowest BCUT2D eigenvalue weighted by Crippen LogP contribution is -2.40. The Hall–Kier alpha value is -3.22. The van der Waals surface area contributed by atoms with Crippen molar-refractivity contribution in [2.45, 2.75) is 38.8 Å². The van der Waals surface area contributed by atoms with Crippen LogP contribution in [0, 0.1) is 13.8 Å². The van der Waals surface area contributed by atoms with Gasteiger partial charge in [0.05, 0.1) is 16.8 Å². The number of alkyl halides is 3. The Balaban J connectivity index is 1.66. The van der Waals surface area contributed by atoms with E-state index in [0.717, 1.165) is 34.9 Å². The quantitative estimate of drug-likeness (QED) is 0.518. The molecule has 1 atom stereocenters. The number of carbonyl (C=O) groups is 1. The van der Waals surface area contributed by atoms with Gasteiger partial charge in [0.2, 0.25) is 0 Å². The van der Waals surface area contributed by atoms with E-state index in [1.54, 1.807) is 6.20 Å². The molecular formula is C25H24F3N3O. The van der Waals surface area contributed by atoms with Gasteiger partial charge in [0.1, 0.15) is 5.82 Å². The minimum absolute atomic E-state index is 0.0806. The first-order chi connectivity index (χ1) is 15.2. The molecule has 1 amide bonds. The highest BCUT2D eigenvalue weighted by molar-refractivity contribution is 5.96. The molecule has 0 saturated carbocycles. The molecule has 4 rings (SSSR count). The van der Waals surface area contributed by atoms with Gasteiger partial charge in [0.25, 0.3) is 5.91 Å². The van der Waals surface area contributed by atoms with Gasteiger partial charge in [-0.1, -0.05) is 42.0 Å². The normalized spacial score (nSPS) is 16.8. The van der Waals surface area contributed by atoms with E-state index < -0.39 is 17.6 Å². The summed E-state index contributed by atoms with van der Waals surface area (Å²) in [6, 6.07) is 13.0. The Kier molecular flexibility index (Phi) is 6.00. The van der Waals surface area contributed by atoms with Gasteiger partial charge in [-0.3, -0.25) is 4.79 Å². The largest absolute Gasteiger partial charge is 0.417 e. The van der Waals surface area contributed by atoms with Crippen LogP contribution in [0.15, 0.2) is 54.7 Å². The van der Waals surface area contributed by atoms with E-state index in [-0.39, 0.29) is 11.5 Å². The van der Waals surface area contributed by atoms with Crippen LogP contribution in [-0.2, 0) is 6.18 Å². The van der Waals surface area contributed by atoms with Gasteiger partial charge in [-0.25, -0.2) is 9.97 Å². The fraction of sp³-hybridized carbons (Fsp3) is 0.320. The second kappa shape index (κ2) is 8.73. The van der Waals surface area contributed by atoms with Crippen molar-refractivity contribution >= 4 is 5.91 Å². The monoisotopic (exact) mass is 439 g/mol. The number of halogens is 3. The van der Waals surface area contributed by atoms with Crippen LogP contribution in [-0.4, -0.2) is 33.9 Å². The van der Waals surface area contributed by atoms with Crippen LogP contribution in [0.4, 0.5) is 13.2 Å². The summed E-state index contributed by atoms with van der Waals surface area (Å²) in [5, 5.41) is 0. The van der Waals surface area contributed by atoms with Crippen molar-refractivity contribution in [3.63, 3.8) is 0 Å². The maximum atomic E-state index is 13.4. The van der Waals surface area contributed by atoms with E-state index in [9.17, 15) is 18.0 Å². The number of piperidine rings is 1. The zero-order valence-corrected chi connectivity index (χ0v) is 18.0. The van der Waals surface area contributed by atoms with Crippen molar-refractivity contribution in [1.29, 1.82) is 0 Å². The number of amides is 1. The summed E-state index contributed by atoms with van der Waals surface area (Å²) in [4.78, 5) is 23.7. The number of benzene rings is 2. The van der Waals surface area contributed by atoms with E-state index in [4.69, 9.17) is 4.98 Å². The van der Waals surface area contributed by atoms with Gasteiger partial charge < -0.3 is 4.90 Å². The highest BCUT2D eigenvalue weighted by atomic mass is 19.4. The maximum Gasteiger partial charge on any atom is 0.417 e. The molecule has 0 spiro atoms. The summed E-state index contributed by atoms with van der Waals surface area (Å²) in [7, 11) is 0. The highest BCUT2D eigenvalue weighted by Gasteiger charge is 2.37. The van der Waals surface area contributed by atoms with Crippen LogP contribution in [0.5, 0.6) is 0 Å². The molecule has 0 aliphatic carbocycles. The van der Waals surface area contributed by atoms with Crippen molar-refractivity contribution in [3.05, 3.63) is 82.9 Å². The molecule has 3 aromatic rings. The van der Waals surface area contributed by atoms with E-state index in [0.29, 0.717) is 25.3 Å². The number of carbonyl (C=O) groups excluding carboxylic acids is 1. The summed E-state index contributed by atoms with van der Waals surface area (Å²) in [6.45, 7) is 4.57. The fourth-order valence-corrected chi connectivity index (χ4v) is 4.31. The molecule has 1 aromatic heterocycles. The van der Waals surface area contributed by atoms with E-state index >= 15 is 0 Å². The SMILES string of the molecule is Cc1cccc(-c2cnc(C)nc2C2CCCN(C(=O)c3ccccc3C(F)(F)F)C2)c1. The molecule has 0 bridgehead atoms. The standard InChI is InChI=1S/C25H24F3N3O/c1-16-7-5-8-18(13-16)21-14-29-17(2)30-23(21)19-9-6-12-31(15-19)24(32)20-10-3-4-11-22(20)25(26,27)28/h3-5,7-8,10-11,13-14,19H,6,9,12,15H2,1-2H3. The molecule has 1 fully saturated rings. The molecule has 2 heterocycles. The molecule has 166 valence electrons. The number of hydrogen-bond acceptors (Lipinski definition) is 3. The first-order valence-corrected chi connectivity index (χ1v) is 10.6. The molecule has 1 aliphatic heterocycles. The Labute approximate surface area is 185 Å². The van der Waals surface area contributed by atoms with Crippen molar-refractivity contribution in [2.24, 2.45) is 0 Å². The molecule has 1 unspecified atom stereocenters. The number of likely N-dealkylation sites (tertiary alicyclic amines) is 1. The number of rotatable bonds is 3. The predicted octanol–water partition coefficient (Wildman–Crippen LogP) is 5.80. The van der Waals surface area contributed by atoms with Gasteiger partial charge >= 0.3 is 6.18 Å². The van der Waals surface area contributed by atoms with Gasteiger partial charge in [0.15, 0.2) is 0 Å². The van der Waals surface area contributed by atoms with Crippen LogP contribution >= 0.6 is 0 Å². The van der Waals surface area contributed by atoms with Crippen molar-refractivity contribution < 1.29 is 18.0 Å². The van der Waals surface area contributed by atoms with Gasteiger partial charge in [-0.05, 0) is 44.4 Å². The van der Waals surface area contributed by atoms with Gasteiger partial charge in [0, 0.05) is 30.8 Å². The Bertz CT molecular complexity index is 1140. The molecule has 4 nitrogen and oxygen atoms in total. The zero-order chi connectivity index (χ0) is 22.9. The first-order valence-electron chi connectivity index (χ1n) is 10.6. The maximum absolute atomic E-state index is 13.4. The highest BCUT2D eigenvalue weighted by Crippen LogP contribution is 2.36. The third kappa shape index (κ3) is 4.52.